The van der Waals surface area contributed by atoms with E-state index in [4.69, 9.17) is 0 Å². The second kappa shape index (κ2) is 6.15. The Morgan fingerprint density at radius 2 is 1.95 bits per heavy atom. The Morgan fingerprint density at radius 1 is 1.30 bits per heavy atom. The first-order valence-electron chi connectivity index (χ1n) is 6.49. The Hall–Kier alpha value is -1.06. The fraction of sp³-hybridized carbons (Fsp3) is 0.727. The van der Waals surface area contributed by atoms with E-state index in [1.807, 2.05) is 6.92 Å². The Kier molecular flexibility index (Phi) is 4.71. The molecular formula is C11H18N4O3S2. The molecule has 9 heteroatoms. The van der Waals surface area contributed by atoms with Gasteiger partial charge in [-0.2, -0.15) is 4.31 Å². The molecule has 1 fully saturated rings. The van der Waals surface area contributed by atoms with E-state index in [0.29, 0.717) is 31.1 Å². The molecule has 1 saturated heterocycles. The van der Waals surface area contributed by atoms with Gasteiger partial charge in [0.25, 0.3) is 5.91 Å². The van der Waals surface area contributed by atoms with Gasteiger partial charge in [-0.15, -0.1) is 5.10 Å². The predicted molar refractivity (Wildman–Crippen MR) is 76.2 cm³/mol. The summed E-state index contributed by atoms with van der Waals surface area (Å²) in [6.07, 6.45) is 2.84. The molecule has 112 valence electrons. The third kappa shape index (κ3) is 3.33. The molecule has 0 spiro atoms. The third-order valence-electron chi connectivity index (χ3n) is 3.23. The highest BCUT2D eigenvalue weighted by Gasteiger charge is 2.28. The fourth-order valence-electron chi connectivity index (χ4n) is 2.14. The second-order valence-corrected chi connectivity index (χ2v) is 7.49. The van der Waals surface area contributed by atoms with E-state index in [-0.39, 0.29) is 5.91 Å². The molecule has 0 unspecified atom stereocenters. The zero-order valence-corrected chi connectivity index (χ0v) is 13.2. The van der Waals surface area contributed by atoms with Crippen LogP contribution in [0.4, 0.5) is 0 Å². The molecule has 1 aromatic rings. The number of nitrogens with zero attached hydrogens (tertiary/aromatic N) is 4. The smallest absolute Gasteiger partial charge is 0.267 e. The van der Waals surface area contributed by atoms with E-state index < -0.39 is 10.0 Å². The van der Waals surface area contributed by atoms with Crippen molar-refractivity contribution in [1.29, 1.82) is 0 Å². The van der Waals surface area contributed by atoms with Crippen LogP contribution in [0.3, 0.4) is 0 Å². The van der Waals surface area contributed by atoms with E-state index in [0.717, 1.165) is 30.1 Å². The van der Waals surface area contributed by atoms with Crippen molar-refractivity contribution in [2.24, 2.45) is 0 Å². The molecule has 0 N–H and O–H groups in total. The highest BCUT2D eigenvalue weighted by molar-refractivity contribution is 7.88. The summed E-state index contributed by atoms with van der Waals surface area (Å²) < 4.78 is 28.1. The Morgan fingerprint density at radius 3 is 2.50 bits per heavy atom. The van der Waals surface area contributed by atoms with Crippen LogP contribution in [-0.4, -0.2) is 65.6 Å². The number of aromatic nitrogens is 2. The zero-order valence-electron chi connectivity index (χ0n) is 11.6. The van der Waals surface area contributed by atoms with Crippen LogP contribution in [0.5, 0.6) is 0 Å². The summed E-state index contributed by atoms with van der Waals surface area (Å²) in [6, 6.07) is 0. The summed E-state index contributed by atoms with van der Waals surface area (Å²) in [5.74, 6) is -0.0865. The largest absolute Gasteiger partial charge is 0.335 e. The third-order valence-corrected chi connectivity index (χ3v) is 5.29. The minimum Gasteiger partial charge on any atom is -0.335 e. The van der Waals surface area contributed by atoms with Crippen molar-refractivity contribution in [3.8, 4) is 0 Å². The van der Waals surface area contributed by atoms with Crippen LogP contribution < -0.4 is 0 Å². The van der Waals surface area contributed by atoms with Crippen LogP contribution in [-0.2, 0) is 16.4 Å². The summed E-state index contributed by atoms with van der Waals surface area (Å²) in [4.78, 5) is 14.7. The maximum absolute atomic E-state index is 12.4. The summed E-state index contributed by atoms with van der Waals surface area (Å²) >= 11 is 1.11. The molecule has 0 atom stereocenters. The summed E-state index contributed by atoms with van der Waals surface area (Å²) in [7, 11) is -3.17. The number of amides is 1. The van der Waals surface area contributed by atoms with Gasteiger partial charge in [0.05, 0.1) is 11.9 Å². The standard InChI is InChI=1S/C11H18N4O3S2/c1-3-4-9-10(19-13-12-9)11(16)14-5-7-15(8-6-14)20(2,17)18/h3-8H2,1-2H3. The van der Waals surface area contributed by atoms with Crippen LogP contribution in [0.2, 0.25) is 0 Å². The van der Waals surface area contributed by atoms with Crippen molar-refractivity contribution < 1.29 is 13.2 Å². The van der Waals surface area contributed by atoms with Gasteiger partial charge in [0, 0.05) is 26.2 Å². The van der Waals surface area contributed by atoms with Gasteiger partial charge < -0.3 is 4.90 Å². The average Bonchev–Trinajstić information content (AvgIpc) is 2.86. The van der Waals surface area contributed by atoms with E-state index in [1.54, 1.807) is 4.90 Å². The zero-order chi connectivity index (χ0) is 14.8. The summed E-state index contributed by atoms with van der Waals surface area (Å²) in [5.41, 5.74) is 0.744. The van der Waals surface area contributed by atoms with Gasteiger partial charge in [-0.3, -0.25) is 4.79 Å². The van der Waals surface area contributed by atoms with E-state index in [1.165, 1.54) is 10.6 Å². The quantitative estimate of drug-likeness (QED) is 0.792. The molecule has 1 aliphatic rings. The number of sulfonamides is 1. The van der Waals surface area contributed by atoms with E-state index in [9.17, 15) is 13.2 Å². The number of carbonyl (C=O) groups excluding carboxylic acids is 1. The lowest BCUT2D eigenvalue weighted by Crippen LogP contribution is -2.50. The molecule has 7 nitrogen and oxygen atoms in total. The second-order valence-electron chi connectivity index (χ2n) is 4.75. The highest BCUT2D eigenvalue weighted by Crippen LogP contribution is 2.17. The maximum Gasteiger partial charge on any atom is 0.267 e. The van der Waals surface area contributed by atoms with Gasteiger partial charge in [0.1, 0.15) is 4.88 Å². The lowest BCUT2D eigenvalue weighted by atomic mass is 10.2. The summed E-state index contributed by atoms with van der Waals surface area (Å²) in [5, 5.41) is 3.99. The lowest BCUT2D eigenvalue weighted by molar-refractivity contribution is 0.0702. The topological polar surface area (TPSA) is 83.5 Å². The monoisotopic (exact) mass is 318 g/mol. The van der Waals surface area contributed by atoms with Gasteiger partial charge in [-0.25, -0.2) is 8.42 Å². The van der Waals surface area contributed by atoms with Crippen LogP contribution in [0.15, 0.2) is 0 Å². The number of aryl methyl sites for hydroxylation is 1. The Bertz CT molecular complexity index is 576. The Balaban J connectivity index is 2.03. The molecule has 0 bridgehead atoms. The van der Waals surface area contributed by atoms with Gasteiger partial charge in [-0.1, -0.05) is 17.8 Å². The molecule has 20 heavy (non-hydrogen) atoms. The number of rotatable bonds is 4. The first-order valence-corrected chi connectivity index (χ1v) is 9.11. The molecule has 1 amide bonds. The first kappa shape index (κ1) is 15.3. The number of piperazine rings is 1. The maximum atomic E-state index is 12.4. The van der Waals surface area contributed by atoms with Crippen LogP contribution in [0.25, 0.3) is 0 Å². The fourth-order valence-corrected chi connectivity index (χ4v) is 3.64. The number of hydrogen-bond acceptors (Lipinski definition) is 6. The van der Waals surface area contributed by atoms with Crippen LogP contribution in [0.1, 0.15) is 28.7 Å². The van der Waals surface area contributed by atoms with Gasteiger partial charge >= 0.3 is 0 Å². The van der Waals surface area contributed by atoms with Gasteiger partial charge in [0.15, 0.2) is 0 Å². The molecule has 1 aliphatic heterocycles. The lowest BCUT2D eigenvalue weighted by Gasteiger charge is -2.33. The minimum absolute atomic E-state index is 0.0865. The molecule has 0 radical (unpaired) electrons. The predicted octanol–water partition coefficient (Wildman–Crippen LogP) is 0.208. The van der Waals surface area contributed by atoms with E-state index >= 15 is 0 Å². The normalized spacial score (nSPS) is 17.4. The highest BCUT2D eigenvalue weighted by atomic mass is 32.2. The van der Waals surface area contributed by atoms with Crippen molar-refractivity contribution in [2.75, 3.05) is 32.4 Å². The first-order chi connectivity index (χ1) is 9.43. The number of carbonyl (C=O) groups is 1. The van der Waals surface area contributed by atoms with Gasteiger partial charge in [0.2, 0.25) is 10.0 Å². The minimum atomic E-state index is -3.17. The van der Waals surface area contributed by atoms with Crippen molar-refractivity contribution in [3.63, 3.8) is 0 Å². The van der Waals surface area contributed by atoms with Crippen molar-refractivity contribution in [1.82, 2.24) is 18.8 Å². The molecule has 2 rings (SSSR count). The van der Waals surface area contributed by atoms with Crippen LogP contribution in [0, 0.1) is 0 Å². The molecule has 1 aromatic heterocycles. The SMILES string of the molecule is CCCc1nnsc1C(=O)N1CCN(S(C)(=O)=O)CC1. The Labute approximate surface area is 122 Å². The summed E-state index contributed by atoms with van der Waals surface area (Å²) in [6.45, 7) is 3.54. The van der Waals surface area contributed by atoms with E-state index in [2.05, 4.69) is 9.59 Å². The average molecular weight is 318 g/mol. The molecule has 2 heterocycles. The molecule has 0 aromatic carbocycles. The molecule has 0 aliphatic carbocycles. The van der Waals surface area contributed by atoms with Crippen LogP contribution >= 0.6 is 11.5 Å². The molecular weight excluding hydrogens is 300 g/mol. The van der Waals surface area contributed by atoms with Crippen molar-refractivity contribution in [3.05, 3.63) is 10.6 Å². The molecule has 0 saturated carbocycles. The number of hydrogen-bond donors (Lipinski definition) is 0. The van der Waals surface area contributed by atoms with Crippen molar-refractivity contribution in [2.45, 2.75) is 19.8 Å². The van der Waals surface area contributed by atoms with Crippen molar-refractivity contribution >= 4 is 27.5 Å². The van der Waals surface area contributed by atoms with Gasteiger partial charge in [-0.05, 0) is 18.0 Å².